The van der Waals surface area contributed by atoms with E-state index in [1.165, 1.54) is 0 Å². The molecule has 0 atom stereocenters. The highest BCUT2D eigenvalue weighted by molar-refractivity contribution is 9.10. The smallest absolute Gasteiger partial charge is 0.254 e. The van der Waals surface area contributed by atoms with Gasteiger partial charge >= 0.3 is 0 Å². The minimum absolute atomic E-state index is 0.178. The fraction of sp³-hybridized carbons (Fsp3) is 0.562. The second kappa shape index (κ2) is 7.23. The highest BCUT2D eigenvalue weighted by atomic mass is 79.9. The normalized spacial score (nSPS) is 16.1. The van der Waals surface area contributed by atoms with Gasteiger partial charge in [-0.1, -0.05) is 28.9 Å². The Labute approximate surface area is 129 Å². The first-order chi connectivity index (χ1) is 9.65. The summed E-state index contributed by atoms with van der Waals surface area (Å²) in [4.78, 5) is 15.0. The number of piperidine rings is 1. The highest BCUT2D eigenvalue weighted by Crippen LogP contribution is 2.23. The van der Waals surface area contributed by atoms with E-state index in [0.29, 0.717) is 6.04 Å². The summed E-state index contributed by atoms with van der Waals surface area (Å²) >= 11 is 3.52. The van der Waals surface area contributed by atoms with Gasteiger partial charge in [0.2, 0.25) is 0 Å². The van der Waals surface area contributed by atoms with Crippen LogP contribution in [-0.4, -0.2) is 36.5 Å². The summed E-state index contributed by atoms with van der Waals surface area (Å²) in [5, 5.41) is 3.37. The van der Waals surface area contributed by atoms with Gasteiger partial charge in [0.15, 0.2) is 0 Å². The van der Waals surface area contributed by atoms with Crippen molar-refractivity contribution in [2.75, 3.05) is 19.6 Å². The molecule has 0 aromatic heterocycles. The van der Waals surface area contributed by atoms with Crippen molar-refractivity contribution in [3.8, 4) is 0 Å². The maximum absolute atomic E-state index is 12.9. The zero-order chi connectivity index (χ0) is 14.5. The molecule has 1 N–H and O–H groups in total. The van der Waals surface area contributed by atoms with Crippen LogP contribution >= 0.6 is 15.9 Å². The van der Waals surface area contributed by atoms with Crippen molar-refractivity contribution in [2.24, 2.45) is 0 Å². The van der Waals surface area contributed by atoms with Crippen LogP contribution in [0.1, 0.15) is 42.1 Å². The van der Waals surface area contributed by atoms with Crippen LogP contribution in [0.3, 0.4) is 0 Å². The molecule has 0 bridgehead atoms. The van der Waals surface area contributed by atoms with Crippen LogP contribution in [0.5, 0.6) is 0 Å². The number of halogens is 1. The Balaban J connectivity index is 2.23. The van der Waals surface area contributed by atoms with Crippen molar-refractivity contribution in [3.05, 3.63) is 33.8 Å². The second-order valence-corrected chi connectivity index (χ2v) is 6.25. The Morgan fingerprint density at radius 3 is 2.75 bits per heavy atom. The molecule has 1 aliphatic heterocycles. The van der Waals surface area contributed by atoms with E-state index < -0.39 is 0 Å². The third-order valence-corrected chi connectivity index (χ3v) is 4.83. The minimum atomic E-state index is 0.178. The number of hydrogen-bond donors (Lipinski definition) is 1. The van der Waals surface area contributed by atoms with Gasteiger partial charge in [-0.3, -0.25) is 4.79 Å². The average molecular weight is 339 g/mol. The summed E-state index contributed by atoms with van der Waals surface area (Å²) in [6.45, 7) is 7.00. The van der Waals surface area contributed by atoms with Crippen molar-refractivity contribution >= 4 is 21.8 Å². The van der Waals surface area contributed by atoms with Gasteiger partial charge in [-0.05, 0) is 57.0 Å². The van der Waals surface area contributed by atoms with E-state index in [2.05, 4.69) is 33.1 Å². The monoisotopic (exact) mass is 338 g/mol. The number of carbonyl (C=O) groups excluding carboxylic acids is 1. The van der Waals surface area contributed by atoms with Crippen molar-refractivity contribution < 1.29 is 4.79 Å². The van der Waals surface area contributed by atoms with Crippen LogP contribution in [0, 0.1) is 6.92 Å². The first-order valence-electron chi connectivity index (χ1n) is 7.42. The van der Waals surface area contributed by atoms with Crippen molar-refractivity contribution in [2.45, 2.75) is 39.2 Å². The number of benzene rings is 1. The molecule has 0 unspecified atom stereocenters. The highest BCUT2D eigenvalue weighted by Gasteiger charge is 2.26. The van der Waals surface area contributed by atoms with Crippen molar-refractivity contribution in [3.63, 3.8) is 0 Å². The van der Waals surface area contributed by atoms with Gasteiger partial charge < -0.3 is 10.2 Å². The van der Waals surface area contributed by atoms with Crippen LogP contribution in [0.25, 0.3) is 0 Å². The number of rotatable bonds is 4. The second-order valence-electron chi connectivity index (χ2n) is 5.39. The fourth-order valence-corrected chi connectivity index (χ4v) is 3.17. The van der Waals surface area contributed by atoms with Gasteiger partial charge in [-0.2, -0.15) is 0 Å². The van der Waals surface area contributed by atoms with Crippen LogP contribution in [0.15, 0.2) is 22.7 Å². The summed E-state index contributed by atoms with van der Waals surface area (Å²) in [7, 11) is 0. The maximum Gasteiger partial charge on any atom is 0.254 e. The van der Waals surface area contributed by atoms with Crippen molar-refractivity contribution in [1.29, 1.82) is 0 Å². The van der Waals surface area contributed by atoms with E-state index in [1.807, 2.05) is 25.1 Å². The Morgan fingerprint density at radius 1 is 1.40 bits per heavy atom. The van der Waals surface area contributed by atoms with Gasteiger partial charge in [0.1, 0.15) is 0 Å². The molecular weight excluding hydrogens is 316 g/mol. The fourth-order valence-electron chi connectivity index (χ4n) is 2.80. The lowest BCUT2D eigenvalue weighted by Gasteiger charge is -2.35. The summed E-state index contributed by atoms with van der Waals surface area (Å²) in [5.74, 6) is 0.178. The van der Waals surface area contributed by atoms with Crippen LogP contribution < -0.4 is 5.32 Å². The molecule has 1 saturated heterocycles. The first-order valence-corrected chi connectivity index (χ1v) is 8.21. The Morgan fingerprint density at radius 2 is 2.10 bits per heavy atom. The number of carbonyl (C=O) groups is 1. The average Bonchev–Trinajstić information content (AvgIpc) is 2.48. The summed E-state index contributed by atoms with van der Waals surface area (Å²) in [6.07, 6.45) is 3.11. The molecule has 0 radical (unpaired) electrons. The SMILES string of the molecule is CCCN(C(=O)c1cccc(Br)c1C)C1CCNCC1. The molecule has 0 saturated carbocycles. The molecule has 1 aliphatic rings. The zero-order valence-corrected chi connectivity index (χ0v) is 13.9. The summed E-state index contributed by atoms with van der Waals surface area (Å²) in [5.41, 5.74) is 1.86. The molecule has 3 nitrogen and oxygen atoms in total. The van der Waals surface area contributed by atoms with Crippen molar-refractivity contribution in [1.82, 2.24) is 10.2 Å². The van der Waals surface area contributed by atoms with Gasteiger partial charge in [0.25, 0.3) is 5.91 Å². The third-order valence-electron chi connectivity index (χ3n) is 3.97. The van der Waals surface area contributed by atoms with Crippen LogP contribution in [0.4, 0.5) is 0 Å². The standard InChI is InChI=1S/C16H23BrN2O/c1-3-11-19(13-7-9-18-10-8-13)16(20)14-5-4-6-15(17)12(14)2/h4-6,13,18H,3,7-11H2,1-2H3. The molecular formula is C16H23BrN2O. The number of amides is 1. The predicted molar refractivity (Wildman–Crippen MR) is 86.1 cm³/mol. The van der Waals surface area contributed by atoms with Gasteiger partial charge in [-0.25, -0.2) is 0 Å². The largest absolute Gasteiger partial charge is 0.336 e. The summed E-state index contributed by atoms with van der Waals surface area (Å²) in [6, 6.07) is 6.24. The van der Waals surface area contributed by atoms with Gasteiger partial charge in [0, 0.05) is 22.6 Å². The minimum Gasteiger partial charge on any atom is -0.336 e. The van der Waals surface area contributed by atoms with E-state index in [0.717, 1.165) is 54.5 Å². The lowest BCUT2D eigenvalue weighted by Crippen LogP contribution is -2.46. The van der Waals surface area contributed by atoms with Gasteiger partial charge in [-0.15, -0.1) is 0 Å². The molecule has 2 rings (SSSR count). The molecule has 4 heteroatoms. The summed E-state index contributed by atoms with van der Waals surface area (Å²) < 4.78 is 1.00. The molecule has 0 spiro atoms. The molecule has 1 fully saturated rings. The number of hydrogen-bond acceptors (Lipinski definition) is 2. The quantitative estimate of drug-likeness (QED) is 0.912. The van der Waals surface area contributed by atoms with E-state index in [-0.39, 0.29) is 5.91 Å². The Hall–Kier alpha value is -0.870. The molecule has 1 aromatic carbocycles. The Bertz CT molecular complexity index is 470. The van der Waals surface area contributed by atoms with Crippen LogP contribution in [0.2, 0.25) is 0 Å². The zero-order valence-electron chi connectivity index (χ0n) is 12.3. The van der Waals surface area contributed by atoms with E-state index in [9.17, 15) is 4.79 Å². The molecule has 0 aliphatic carbocycles. The maximum atomic E-state index is 12.9. The third kappa shape index (κ3) is 3.41. The molecule has 1 aromatic rings. The van der Waals surface area contributed by atoms with Crippen LogP contribution in [-0.2, 0) is 0 Å². The topological polar surface area (TPSA) is 32.3 Å². The first kappa shape index (κ1) is 15.5. The molecule has 1 amide bonds. The Kier molecular flexibility index (Phi) is 5.61. The number of nitrogens with one attached hydrogen (secondary N) is 1. The van der Waals surface area contributed by atoms with Gasteiger partial charge in [0.05, 0.1) is 0 Å². The molecule has 20 heavy (non-hydrogen) atoms. The molecule has 110 valence electrons. The van der Waals surface area contributed by atoms with E-state index in [1.54, 1.807) is 0 Å². The predicted octanol–water partition coefficient (Wildman–Crippen LogP) is 3.36. The lowest BCUT2D eigenvalue weighted by atomic mass is 10.0. The van der Waals surface area contributed by atoms with E-state index >= 15 is 0 Å². The number of nitrogens with zero attached hydrogens (tertiary/aromatic N) is 1. The van der Waals surface area contributed by atoms with E-state index in [4.69, 9.17) is 0 Å². The molecule has 1 heterocycles. The lowest BCUT2D eigenvalue weighted by molar-refractivity contribution is 0.0642.